The first-order chi connectivity index (χ1) is 7.84. The van der Waals surface area contributed by atoms with Crippen molar-refractivity contribution < 1.29 is 4.74 Å². The van der Waals surface area contributed by atoms with Crippen molar-refractivity contribution in [3.05, 3.63) is 29.6 Å². The highest BCUT2D eigenvalue weighted by Gasteiger charge is 2.42. The van der Waals surface area contributed by atoms with Crippen LogP contribution in [0.4, 0.5) is 0 Å². The van der Waals surface area contributed by atoms with Crippen molar-refractivity contribution in [1.82, 2.24) is 9.88 Å². The smallest absolute Gasteiger partial charge is 0.0979 e. The van der Waals surface area contributed by atoms with Crippen LogP contribution in [0.15, 0.2) is 18.3 Å². The lowest BCUT2D eigenvalue weighted by Gasteiger charge is -2.38. The fraction of sp³-hybridized carbons (Fsp3) is 0.615. The fourth-order valence-corrected chi connectivity index (χ4v) is 2.90. The molecule has 0 radical (unpaired) electrons. The minimum Gasteiger partial charge on any atom is -0.364 e. The summed E-state index contributed by atoms with van der Waals surface area (Å²) in [7, 11) is 0. The number of likely N-dealkylation sites (tertiary alicyclic amines) is 1. The van der Waals surface area contributed by atoms with E-state index in [-0.39, 0.29) is 5.60 Å². The molecule has 3 rings (SSSR count). The molecule has 1 fully saturated rings. The maximum absolute atomic E-state index is 6.06. The molecular formula is C13H18N2O. The van der Waals surface area contributed by atoms with E-state index in [0.717, 1.165) is 38.2 Å². The highest BCUT2D eigenvalue weighted by atomic mass is 16.5. The minimum atomic E-state index is -0.0186. The van der Waals surface area contributed by atoms with E-state index in [1.807, 2.05) is 12.3 Å². The molecule has 1 aromatic heterocycles. The molecule has 2 aliphatic rings. The highest BCUT2D eigenvalue weighted by molar-refractivity contribution is 5.30. The standard InChI is InChI=1S/C13H18N2O/c1-2-15-8-5-13(6-9-15)11-4-3-7-14-12(11)10-16-13/h3-4,7H,2,5-6,8-10H2,1H3. The normalized spacial score (nSPS) is 23.6. The molecule has 1 spiro atoms. The van der Waals surface area contributed by atoms with Gasteiger partial charge in [0.05, 0.1) is 17.9 Å². The zero-order valence-electron chi connectivity index (χ0n) is 9.78. The maximum atomic E-state index is 6.06. The van der Waals surface area contributed by atoms with Crippen molar-refractivity contribution in [2.45, 2.75) is 32.0 Å². The molecule has 2 aliphatic heterocycles. The van der Waals surface area contributed by atoms with Gasteiger partial charge in [-0.15, -0.1) is 0 Å². The Kier molecular flexibility index (Phi) is 2.45. The molecule has 0 saturated carbocycles. The van der Waals surface area contributed by atoms with Gasteiger partial charge in [-0.3, -0.25) is 4.98 Å². The Balaban J connectivity index is 1.87. The first kappa shape index (κ1) is 10.2. The topological polar surface area (TPSA) is 25.4 Å². The van der Waals surface area contributed by atoms with E-state index in [2.05, 4.69) is 22.9 Å². The lowest BCUT2D eigenvalue weighted by molar-refractivity contribution is -0.0783. The molecule has 3 heteroatoms. The molecule has 0 amide bonds. The predicted octanol–water partition coefficient (Wildman–Crippen LogP) is 1.92. The predicted molar refractivity (Wildman–Crippen MR) is 62.1 cm³/mol. The van der Waals surface area contributed by atoms with Crippen LogP contribution in [-0.4, -0.2) is 29.5 Å². The van der Waals surface area contributed by atoms with Crippen LogP contribution in [0.25, 0.3) is 0 Å². The van der Waals surface area contributed by atoms with Gasteiger partial charge in [-0.25, -0.2) is 0 Å². The summed E-state index contributed by atoms with van der Waals surface area (Å²) in [6.45, 7) is 6.36. The number of nitrogens with zero attached hydrogens (tertiary/aromatic N) is 2. The number of hydrogen-bond acceptors (Lipinski definition) is 3. The van der Waals surface area contributed by atoms with E-state index in [4.69, 9.17) is 4.74 Å². The van der Waals surface area contributed by atoms with Gasteiger partial charge < -0.3 is 9.64 Å². The Morgan fingerprint density at radius 2 is 2.25 bits per heavy atom. The first-order valence-electron chi connectivity index (χ1n) is 6.15. The molecule has 0 atom stereocenters. The molecule has 3 nitrogen and oxygen atoms in total. The first-order valence-corrected chi connectivity index (χ1v) is 6.15. The van der Waals surface area contributed by atoms with Crippen LogP contribution < -0.4 is 0 Å². The lowest BCUT2D eigenvalue weighted by atomic mass is 9.85. The van der Waals surface area contributed by atoms with Crippen LogP contribution >= 0.6 is 0 Å². The monoisotopic (exact) mass is 218 g/mol. The SMILES string of the molecule is CCN1CCC2(CC1)OCc1ncccc12. The molecule has 0 aliphatic carbocycles. The van der Waals surface area contributed by atoms with Gasteiger partial charge in [-0.2, -0.15) is 0 Å². The van der Waals surface area contributed by atoms with E-state index in [1.165, 1.54) is 5.56 Å². The van der Waals surface area contributed by atoms with Crippen molar-refractivity contribution >= 4 is 0 Å². The maximum Gasteiger partial charge on any atom is 0.0979 e. The van der Waals surface area contributed by atoms with Crippen LogP contribution in [0.2, 0.25) is 0 Å². The molecule has 0 bridgehead atoms. The van der Waals surface area contributed by atoms with E-state index in [9.17, 15) is 0 Å². The summed E-state index contributed by atoms with van der Waals surface area (Å²) in [5.74, 6) is 0. The molecule has 86 valence electrons. The molecule has 1 saturated heterocycles. The van der Waals surface area contributed by atoms with Crippen LogP contribution in [0.5, 0.6) is 0 Å². The largest absolute Gasteiger partial charge is 0.364 e. The molecule has 1 aromatic rings. The van der Waals surface area contributed by atoms with Crippen molar-refractivity contribution in [2.24, 2.45) is 0 Å². The summed E-state index contributed by atoms with van der Waals surface area (Å²) < 4.78 is 6.06. The van der Waals surface area contributed by atoms with E-state index < -0.39 is 0 Å². The Hall–Kier alpha value is -0.930. The fourth-order valence-electron chi connectivity index (χ4n) is 2.90. The van der Waals surface area contributed by atoms with Gasteiger partial charge >= 0.3 is 0 Å². The van der Waals surface area contributed by atoms with E-state index in [1.54, 1.807) is 0 Å². The number of pyridine rings is 1. The molecule has 3 heterocycles. The van der Waals surface area contributed by atoms with E-state index >= 15 is 0 Å². The lowest BCUT2D eigenvalue weighted by Crippen LogP contribution is -2.42. The third-order valence-electron chi connectivity index (χ3n) is 3.98. The van der Waals surface area contributed by atoms with Crippen LogP contribution in [-0.2, 0) is 16.9 Å². The van der Waals surface area contributed by atoms with Gasteiger partial charge in [0.2, 0.25) is 0 Å². The summed E-state index contributed by atoms with van der Waals surface area (Å²) in [4.78, 5) is 6.90. The zero-order chi connectivity index (χ0) is 11.0. The summed E-state index contributed by atoms with van der Waals surface area (Å²) in [5.41, 5.74) is 2.47. The number of fused-ring (bicyclic) bond motifs is 2. The van der Waals surface area contributed by atoms with Gasteiger partial charge in [0.15, 0.2) is 0 Å². The molecule has 0 N–H and O–H groups in total. The van der Waals surface area contributed by atoms with Crippen molar-refractivity contribution in [1.29, 1.82) is 0 Å². The third kappa shape index (κ3) is 1.46. The van der Waals surface area contributed by atoms with Gasteiger partial charge in [0.25, 0.3) is 0 Å². The van der Waals surface area contributed by atoms with Crippen LogP contribution in [0.1, 0.15) is 31.0 Å². The van der Waals surface area contributed by atoms with Gasteiger partial charge in [0, 0.05) is 24.8 Å². The minimum absolute atomic E-state index is 0.0186. The average Bonchev–Trinajstić information content (AvgIpc) is 2.71. The second-order valence-corrected chi connectivity index (χ2v) is 4.71. The average molecular weight is 218 g/mol. The van der Waals surface area contributed by atoms with Gasteiger partial charge in [-0.1, -0.05) is 13.0 Å². The second kappa shape index (κ2) is 3.82. The number of rotatable bonds is 1. The number of ether oxygens (including phenoxy) is 1. The van der Waals surface area contributed by atoms with E-state index in [0.29, 0.717) is 6.61 Å². The Bertz CT molecular complexity index is 383. The van der Waals surface area contributed by atoms with Crippen molar-refractivity contribution in [3.63, 3.8) is 0 Å². The Morgan fingerprint density at radius 3 is 3.00 bits per heavy atom. The molecule has 0 aromatic carbocycles. The van der Waals surface area contributed by atoms with Gasteiger partial charge in [0.1, 0.15) is 0 Å². The van der Waals surface area contributed by atoms with Crippen LogP contribution in [0, 0.1) is 0 Å². The molecule has 16 heavy (non-hydrogen) atoms. The zero-order valence-corrected chi connectivity index (χ0v) is 9.78. The summed E-state index contributed by atoms with van der Waals surface area (Å²) in [5, 5.41) is 0. The number of piperidine rings is 1. The van der Waals surface area contributed by atoms with Crippen molar-refractivity contribution in [3.8, 4) is 0 Å². The quantitative estimate of drug-likeness (QED) is 0.720. The van der Waals surface area contributed by atoms with Gasteiger partial charge in [-0.05, 0) is 25.5 Å². The molecular weight excluding hydrogens is 200 g/mol. The highest BCUT2D eigenvalue weighted by Crippen LogP contribution is 2.43. The van der Waals surface area contributed by atoms with Crippen LogP contribution in [0.3, 0.4) is 0 Å². The summed E-state index contributed by atoms with van der Waals surface area (Å²) >= 11 is 0. The second-order valence-electron chi connectivity index (χ2n) is 4.71. The molecule has 0 unspecified atom stereocenters. The summed E-state index contributed by atoms with van der Waals surface area (Å²) in [6, 6.07) is 4.22. The number of hydrogen-bond donors (Lipinski definition) is 0. The third-order valence-corrected chi connectivity index (χ3v) is 3.98. The van der Waals surface area contributed by atoms with Crippen molar-refractivity contribution in [2.75, 3.05) is 19.6 Å². The Labute approximate surface area is 96.4 Å². The Morgan fingerprint density at radius 1 is 1.44 bits per heavy atom. The number of aromatic nitrogens is 1. The summed E-state index contributed by atoms with van der Waals surface area (Å²) in [6.07, 6.45) is 4.08.